The molecule has 0 spiro atoms. The fourth-order valence-corrected chi connectivity index (χ4v) is 4.93. The van der Waals surface area contributed by atoms with E-state index in [2.05, 4.69) is 25.3 Å². The van der Waals surface area contributed by atoms with Gasteiger partial charge in [-0.2, -0.15) is 0 Å². The standard InChI is InChI=1S/C27H23N7O8S/c1-15-11-16(2)29-27(28-15)32-43(41,42)22-9-7-20(8-10-22)31-26(36)19-13-23(33(37)38)25(24(14-19)34(39)40)30-21-6-4-5-18(12-21)17(3)35/h4-14,30H,1-3H3,(H,31,36)(H,28,29,32). The minimum absolute atomic E-state index is 0.109. The molecule has 0 bridgehead atoms. The third-order valence-electron chi connectivity index (χ3n) is 5.92. The zero-order chi connectivity index (χ0) is 31.5. The highest BCUT2D eigenvalue weighted by Crippen LogP contribution is 2.38. The van der Waals surface area contributed by atoms with Gasteiger partial charge in [0.15, 0.2) is 11.5 Å². The van der Waals surface area contributed by atoms with Crippen LogP contribution in [0.25, 0.3) is 0 Å². The number of hydrogen-bond acceptors (Lipinski definition) is 11. The van der Waals surface area contributed by atoms with Crippen molar-refractivity contribution in [3.63, 3.8) is 0 Å². The summed E-state index contributed by atoms with van der Waals surface area (Å²) in [6, 6.07) is 14.2. The summed E-state index contributed by atoms with van der Waals surface area (Å²) in [5.74, 6) is -1.31. The first-order chi connectivity index (χ1) is 20.2. The molecule has 16 heteroatoms. The van der Waals surface area contributed by atoms with Crippen LogP contribution in [-0.4, -0.2) is 39.9 Å². The van der Waals surface area contributed by atoms with Crippen LogP contribution >= 0.6 is 0 Å². The molecule has 0 atom stereocenters. The summed E-state index contributed by atoms with van der Waals surface area (Å²) in [6.07, 6.45) is 0. The lowest BCUT2D eigenvalue weighted by Gasteiger charge is -2.11. The Hall–Kier alpha value is -5.77. The number of nitrogens with one attached hydrogen (secondary N) is 3. The number of nitro groups is 2. The van der Waals surface area contributed by atoms with Crippen LogP contribution < -0.4 is 15.4 Å². The van der Waals surface area contributed by atoms with Gasteiger partial charge < -0.3 is 10.6 Å². The number of aromatic nitrogens is 2. The molecule has 0 aliphatic heterocycles. The first-order valence-electron chi connectivity index (χ1n) is 12.3. The number of carbonyl (C=O) groups is 2. The molecule has 1 heterocycles. The van der Waals surface area contributed by atoms with E-state index in [1.807, 2.05) is 0 Å². The number of nitrogens with zero attached hydrogens (tertiary/aromatic N) is 4. The maximum Gasteiger partial charge on any atom is 0.300 e. The molecule has 1 aromatic heterocycles. The van der Waals surface area contributed by atoms with Crippen molar-refractivity contribution in [3.8, 4) is 0 Å². The number of hydrogen-bond donors (Lipinski definition) is 3. The first kappa shape index (κ1) is 30.2. The predicted molar refractivity (Wildman–Crippen MR) is 156 cm³/mol. The fraction of sp³-hybridized carbons (Fsp3) is 0.111. The lowest BCUT2D eigenvalue weighted by Crippen LogP contribution is -2.16. The largest absolute Gasteiger partial charge is 0.344 e. The number of sulfonamides is 1. The molecule has 0 aliphatic rings. The lowest BCUT2D eigenvalue weighted by molar-refractivity contribution is -0.392. The van der Waals surface area contributed by atoms with Crippen LogP contribution in [0.15, 0.2) is 71.6 Å². The average Bonchev–Trinajstić information content (AvgIpc) is 2.92. The number of Topliss-reactive ketones (excluding diaryl/α,β-unsaturated/α-hetero) is 1. The molecule has 0 saturated carbocycles. The number of benzene rings is 3. The van der Waals surface area contributed by atoms with E-state index in [0.717, 1.165) is 12.1 Å². The van der Waals surface area contributed by atoms with Gasteiger partial charge in [-0.15, -0.1) is 0 Å². The van der Waals surface area contributed by atoms with E-state index in [0.29, 0.717) is 11.4 Å². The Bertz CT molecular complexity index is 1840. The Morgan fingerprint density at radius 2 is 1.37 bits per heavy atom. The first-order valence-corrected chi connectivity index (χ1v) is 13.8. The van der Waals surface area contributed by atoms with Crippen LogP contribution in [0.5, 0.6) is 0 Å². The van der Waals surface area contributed by atoms with Crippen molar-refractivity contribution < 1.29 is 27.9 Å². The summed E-state index contributed by atoms with van der Waals surface area (Å²) >= 11 is 0. The van der Waals surface area contributed by atoms with Gasteiger partial charge in [-0.1, -0.05) is 12.1 Å². The summed E-state index contributed by atoms with van der Waals surface area (Å²) < 4.78 is 27.8. The van der Waals surface area contributed by atoms with E-state index in [4.69, 9.17) is 0 Å². The van der Waals surface area contributed by atoms with Gasteiger partial charge in [0, 0.05) is 40.5 Å². The summed E-state index contributed by atoms with van der Waals surface area (Å²) in [7, 11) is -4.08. The second-order valence-electron chi connectivity index (χ2n) is 9.22. The third kappa shape index (κ3) is 7.12. The van der Waals surface area contributed by atoms with Gasteiger partial charge in [0.25, 0.3) is 15.9 Å². The number of aryl methyl sites for hydroxylation is 2. The number of carbonyl (C=O) groups excluding carboxylic acids is 2. The highest BCUT2D eigenvalue weighted by molar-refractivity contribution is 7.92. The molecule has 0 aliphatic carbocycles. The number of rotatable bonds is 10. The molecule has 220 valence electrons. The average molecular weight is 606 g/mol. The third-order valence-corrected chi connectivity index (χ3v) is 7.27. The summed E-state index contributed by atoms with van der Waals surface area (Å²) in [4.78, 5) is 54.6. The van der Waals surface area contributed by atoms with Gasteiger partial charge in [0.1, 0.15) is 0 Å². The number of anilines is 4. The van der Waals surface area contributed by atoms with Crippen LogP contribution in [-0.2, 0) is 10.0 Å². The second-order valence-corrected chi connectivity index (χ2v) is 10.9. The Balaban J connectivity index is 1.59. The molecule has 4 rings (SSSR count). The fourth-order valence-electron chi connectivity index (χ4n) is 3.99. The predicted octanol–water partition coefficient (Wildman–Crippen LogP) is 4.91. The maximum atomic E-state index is 13.0. The molecule has 3 N–H and O–H groups in total. The molecule has 1 amide bonds. The monoisotopic (exact) mass is 605 g/mol. The Labute approximate surface area is 244 Å². The van der Waals surface area contributed by atoms with E-state index < -0.39 is 48.4 Å². The molecule has 0 unspecified atom stereocenters. The summed E-state index contributed by atoms with van der Waals surface area (Å²) in [6.45, 7) is 4.69. The molecule has 0 fully saturated rings. The minimum Gasteiger partial charge on any atom is -0.344 e. The van der Waals surface area contributed by atoms with Crippen molar-refractivity contribution in [3.05, 3.63) is 109 Å². The minimum atomic E-state index is -4.08. The number of nitro benzene ring substituents is 2. The lowest BCUT2D eigenvalue weighted by atomic mass is 10.1. The summed E-state index contributed by atoms with van der Waals surface area (Å²) in [5, 5.41) is 28.8. The molecular weight excluding hydrogens is 582 g/mol. The normalized spacial score (nSPS) is 11.0. The van der Waals surface area contributed by atoms with Crippen molar-refractivity contribution in [2.45, 2.75) is 25.7 Å². The summed E-state index contributed by atoms with van der Waals surface area (Å²) in [5.41, 5.74) is -0.690. The van der Waals surface area contributed by atoms with Crippen molar-refractivity contribution in [1.29, 1.82) is 0 Å². The van der Waals surface area contributed by atoms with Crippen LogP contribution in [0.3, 0.4) is 0 Å². The molecule has 0 saturated heterocycles. The zero-order valence-corrected chi connectivity index (χ0v) is 23.6. The zero-order valence-electron chi connectivity index (χ0n) is 22.8. The van der Waals surface area contributed by atoms with Crippen molar-refractivity contribution >= 4 is 56.1 Å². The topological polar surface area (TPSA) is 216 Å². The van der Waals surface area contributed by atoms with Crippen LogP contribution in [0.4, 0.5) is 34.4 Å². The van der Waals surface area contributed by atoms with E-state index in [-0.39, 0.29) is 33.6 Å². The van der Waals surface area contributed by atoms with Crippen molar-refractivity contribution in [2.75, 3.05) is 15.4 Å². The van der Waals surface area contributed by atoms with Crippen LogP contribution in [0.2, 0.25) is 0 Å². The van der Waals surface area contributed by atoms with Crippen LogP contribution in [0.1, 0.15) is 39.0 Å². The molecule has 3 aromatic carbocycles. The second kappa shape index (κ2) is 12.0. The Morgan fingerprint density at radius 1 is 0.791 bits per heavy atom. The maximum absolute atomic E-state index is 13.0. The van der Waals surface area contributed by atoms with E-state index >= 15 is 0 Å². The number of amides is 1. The molecule has 4 aromatic rings. The van der Waals surface area contributed by atoms with Crippen molar-refractivity contribution in [2.24, 2.45) is 0 Å². The molecule has 43 heavy (non-hydrogen) atoms. The van der Waals surface area contributed by atoms with Gasteiger partial charge >= 0.3 is 11.4 Å². The van der Waals surface area contributed by atoms with Gasteiger partial charge in [-0.25, -0.2) is 23.1 Å². The molecule has 15 nitrogen and oxygen atoms in total. The Kier molecular flexibility index (Phi) is 8.42. The van der Waals surface area contributed by atoms with Gasteiger partial charge in [-0.05, 0) is 63.2 Å². The van der Waals surface area contributed by atoms with Gasteiger partial charge in [-0.3, -0.25) is 29.8 Å². The smallest absolute Gasteiger partial charge is 0.300 e. The quantitative estimate of drug-likeness (QED) is 0.125. The Morgan fingerprint density at radius 3 is 1.91 bits per heavy atom. The number of ketones is 1. The SMILES string of the molecule is CC(=O)c1cccc(Nc2c([N+](=O)[O-])cc(C(=O)Nc3ccc(S(=O)(=O)Nc4nc(C)cc(C)n4)cc3)cc2[N+](=O)[O-])c1. The van der Waals surface area contributed by atoms with Gasteiger partial charge in [0.2, 0.25) is 5.95 Å². The van der Waals surface area contributed by atoms with Crippen molar-refractivity contribution in [1.82, 2.24) is 9.97 Å². The highest BCUT2D eigenvalue weighted by atomic mass is 32.2. The molecule has 0 radical (unpaired) electrons. The van der Waals surface area contributed by atoms with E-state index in [1.54, 1.807) is 19.9 Å². The van der Waals surface area contributed by atoms with E-state index in [9.17, 15) is 38.2 Å². The highest BCUT2D eigenvalue weighted by Gasteiger charge is 2.29. The molecular formula is C27H23N7O8S. The van der Waals surface area contributed by atoms with E-state index in [1.165, 1.54) is 55.5 Å². The van der Waals surface area contributed by atoms with Gasteiger partial charge in [0.05, 0.1) is 20.3 Å². The van der Waals surface area contributed by atoms with Crippen LogP contribution in [0, 0.1) is 34.1 Å².